The van der Waals surface area contributed by atoms with E-state index in [1.807, 2.05) is 18.3 Å². The van der Waals surface area contributed by atoms with Gasteiger partial charge in [-0.3, -0.25) is 4.98 Å². The zero-order valence-electron chi connectivity index (χ0n) is 13.3. The van der Waals surface area contributed by atoms with Crippen LogP contribution in [0.2, 0.25) is 0 Å². The average Bonchev–Trinajstić information content (AvgIpc) is 3.40. The maximum Gasteiger partial charge on any atom is 0.241 e. The second-order valence-corrected chi connectivity index (χ2v) is 6.16. The summed E-state index contributed by atoms with van der Waals surface area (Å²) in [5.41, 5.74) is 2.10. The van der Waals surface area contributed by atoms with Crippen molar-refractivity contribution in [3.8, 4) is 22.2 Å². The minimum atomic E-state index is 0.461. The molecule has 0 atom stereocenters. The molecule has 4 rings (SSSR count). The molecule has 0 bridgehead atoms. The van der Waals surface area contributed by atoms with E-state index in [0.717, 1.165) is 29.2 Å². The number of pyridine rings is 1. The van der Waals surface area contributed by atoms with Gasteiger partial charge in [0.15, 0.2) is 5.76 Å². The van der Waals surface area contributed by atoms with E-state index in [1.54, 1.807) is 35.9 Å². The third-order valence-electron chi connectivity index (χ3n) is 3.50. The molecule has 4 aromatic rings. The van der Waals surface area contributed by atoms with Crippen molar-refractivity contribution in [2.45, 2.75) is 13.0 Å². The fourth-order valence-corrected chi connectivity index (χ4v) is 3.13. The average molecular weight is 353 g/mol. The molecule has 0 amide bonds. The van der Waals surface area contributed by atoms with Crippen molar-refractivity contribution >= 4 is 11.3 Å². The second kappa shape index (κ2) is 7.37. The summed E-state index contributed by atoms with van der Waals surface area (Å²) < 4.78 is 10.4. The highest BCUT2D eigenvalue weighted by atomic mass is 32.1. The van der Waals surface area contributed by atoms with Crippen molar-refractivity contribution in [2.24, 2.45) is 0 Å². The standard InChI is InChI=1S/C17H15N5O2S/c1-3-12(9-18-6-1)17-20-13(11-25-17)5-7-19-10-15-21-16(22-24-15)14-4-2-8-23-14/h1-4,6,8-9,11,19H,5,7,10H2. The van der Waals surface area contributed by atoms with Crippen LogP contribution in [0.5, 0.6) is 0 Å². The van der Waals surface area contributed by atoms with Crippen LogP contribution in [0.15, 0.2) is 57.2 Å². The zero-order chi connectivity index (χ0) is 16.9. The topological polar surface area (TPSA) is 89.9 Å². The van der Waals surface area contributed by atoms with Crippen LogP contribution in [0.3, 0.4) is 0 Å². The number of nitrogens with zero attached hydrogens (tertiary/aromatic N) is 4. The van der Waals surface area contributed by atoms with Crippen molar-refractivity contribution < 1.29 is 8.94 Å². The molecule has 0 aliphatic rings. The summed E-state index contributed by atoms with van der Waals surface area (Å²) in [6, 6.07) is 7.51. The molecule has 0 fully saturated rings. The Bertz CT molecular complexity index is 918. The molecule has 0 unspecified atom stereocenters. The van der Waals surface area contributed by atoms with E-state index in [2.05, 4.69) is 30.8 Å². The summed E-state index contributed by atoms with van der Waals surface area (Å²) in [6.45, 7) is 1.28. The molecule has 0 aliphatic heterocycles. The predicted molar refractivity (Wildman–Crippen MR) is 92.8 cm³/mol. The van der Waals surface area contributed by atoms with Crippen LogP contribution in [0.1, 0.15) is 11.6 Å². The van der Waals surface area contributed by atoms with Gasteiger partial charge < -0.3 is 14.3 Å². The van der Waals surface area contributed by atoms with Crippen molar-refractivity contribution in [2.75, 3.05) is 6.54 Å². The van der Waals surface area contributed by atoms with Crippen LogP contribution in [-0.2, 0) is 13.0 Å². The summed E-state index contributed by atoms with van der Waals surface area (Å²) in [5, 5.41) is 10.2. The summed E-state index contributed by atoms with van der Waals surface area (Å²) in [7, 11) is 0. The Labute approximate surface area is 147 Å². The van der Waals surface area contributed by atoms with Crippen LogP contribution in [0.25, 0.3) is 22.2 Å². The van der Waals surface area contributed by atoms with Gasteiger partial charge in [0.05, 0.1) is 18.5 Å². The molecule has 0 aromatic carbocycles. The molecule has 0 aliphatic carbocycles. The lowest BCUT2D eigenvalue weighted by atomic mass is 10.3. The summed E-state index contributed by atoms with van der Waals surface area (Å²) in [4.78, 5) is 13.0. The maximum absolute atomic E-state index is 5.24. The van der Waals surface area contributed by atoms with Gasteiger partial charge in [-0.1, -0.05) is 5.16 Å². The van der Waals surface area contributed by atoms with E-state index in [9.17, 15) is 0 Å². The SMILES string of the molecule is c1cncc(-c2nc(CCNCc3nc(-c4ccco4)no3)cs2)c1. The summed E-state index contributed by atoms with van der Waals surface area (Å²) in [5.74, 6) is 1.59. The van der Waals surface area contributed by atoms with Crippen molar-refractivity contribution in [1.29, 1.82) is 0 Å². The van der Waals surface area contributed by atoms with Gasteiger partial charge in [-0.25, -0.2) is 4.98 Å². The van der Waals surface area contributed by atoms with Crippen molar-refractivity contribution in [3.05, 3.63) is 59.9 Å². The van der Waals surface area contributed by atoms with Gasteiger partial charge in [0.25, 0.3) is 0 Å². The highest BCUT2D eigenvalue weighted by Gasteiger charge is 2.10. The van der Waals surface area contributed by atoms with E-state index >= 15 is 0 Å². The minimum Gasteiger partial charge on any atom is -0.461 e. The fourth-order valence-electron chi connectivity index (χ4n) is 2.29. The number of nitrogens with one attached hydrogen (secondary N) is 1. The smallest absolute Gasteiger partial charge is 0.241 e. The van der Waals surface area contributed by atoms with Crippen LogP contribution in [0, 0.1) is 0 Å². The zero-order valence-corrected chi connectivity index (χ0v) is 14.1. The van der Waals surface area contributed by atoms with Crippen molar-refractivity contribution in [3.63, 3.8) is 0 Å². The third kappa shape index (κ3) is 3.81. The molecule has 1 N–H and O–H groups in total. The van der Waals surface area contributed by atoms with Gasteiger partial charge in [0.2, 0.25) is 11.7 Å². The van der Waals surface area contributed by atoms with Crippen LogP contribution in [0.4, 0.5) is 0 Å². The molecule has 126 valence electrons. The molecule has 0 saturated carbocycles. The Kier molecular flexibility index (Phi) is 4.62. The Balaban J connectivity index is 1.27. The van der Waals surface area contributed by atoms with Crippen LogP contribution in [-0.4, -0.2) is 26.7 Å². The molecule has 25 heavy (non-hydrogen) atoms. The van der Waals surface area contributed by atoms with E-state index in [0.29, 0.717) is 24.0 Å². The minimum absolute atomic E-state index is 0.461. The molecule has 4 heterocycles. The lowest BCUT2D eigenvalue weighted by Crippen LogP contribution is -2.17. The van der Waals surface area contributed by atoms with E-state index in [1.165, 1.54) is 0 Å². The van der Waals surface area contributed by atoms with Gasteiger partial charge in [0.1, 0.15) is 5.01 Å². The molecule has 8 heteroatoms. The Morgan fingerprint density at radius 1 is 1.16 bits per heavy atom. The first-order valence-corrected chi connectivity index (χ1v) is 8.68. The quantitative estimate of drug-likeness (QED) is 0.510. The Morgan fingerprint density at radius 3 is 3.00 bits per heavy atom. The highest BCUT2D eigenvalue weighted by molar-refractivity contribution is 7.13. The second-order valence-electron chi connectivity index (χ2n) is 5.30. The van der Waals surface area contributed by atoms with Crippen LogP contribution < -0.4 is 5.32 Å². The fraction of sp³-hybridized carbons (Fsp3) is 0.176. The lowest BCUT2D eigenvalue weighted by Gasteiger charge is -1.99. The highest BCUT2D eigenvalue weighted by Crippen LogP contribution is 2.22. The molecular formula is C17H15N5O2S. The first-order valence-electron chi connectivity index (χ1n) is 7.80. The molecule has 0 saturated heterocycles. The third-order valence-corrected chi connectivity index (χ3v) is 4.44. The van der Waals surface area contributed by atoms with Crippen LogP contribution >= 0.6 is 11.3 Å². The molecule has 0 spiro atoms. The number of rotatable bonds is 7. The first-order chi connectivity index (χ1) is 12.4. The van der Waals surface area contributed by atoms with Gasteiger partial charge in [-0.15, -0.1) is 11.3 Å². The van der Waals surface area contributed by atoms with Gasteiger partial charge in [-0.05, 0) is 24.3 Å². The summed E-state index contributed by atoms with van der Waals surface area (Å²) >= 11 is 1.63. The molecule has 0 radical (unpaired) electrons. The van der Waals surface area contributed by atoms with Gasteiger partial charge in [-0.2, -0.15) is 4.98 Å². The number of furan rings is 1. The number of thiazole rings is 1. The Morgan fingerprint density at radius 2 is 2.16 bits per heavy atom. The van der Waals surface area contributed by atoms with E-state index < -0.39 is 0 Å². The van der Waals surface area contributed by atoms with E-state index in [4.69, 9.17) is 8.94 Å². The van der Waals surface area contributed by atoms with Gasteiger partial charge in [0, 0.05) is 36.3 Å². The monoisotopic (exact) mass is 353 g/mol. The number of hydrogen-bond acceptors (Lipinski definition) is 8. The number of aromatic nitrogens is 4. The summed E-state index contributed by atoms with van der Waals surface area (Å²) in [6.07, 6.45) is 6.00. The first kappa shape index (κ1) is 15.7. The van der Waals surface area contributed by atoms with Gasteiger partial charge >= 0.3 is 0 Å². The number of hydrogen-bond donors (Lipinski definition) is 1. The lowest BCUT2D eigenvalue weighted by molar-refractivity contribution is 0.367. The molecular weight excluding hydrogens is 338 g/mol. The maximum atomic E-state index is 5.24. The Hall–Kier alpha value is -2.84. The largest absolute Gasteiger partial charge is 0.461 e. The molecule has 7 nitrogen and oxygen atoms in total. The predicted octanol–water partition coefficient (Wildman–Crippen LogP) is 3.18. The normalized spacial score (nSPS) is 11.0. The van der Waals surface area contributed by atoms with Crippen molar-refractivity contribution in [1.82, 2.24) is 25.4 Å². The van der Waals surface area contributed by atoms with E-state index in [-0.39, 0.29) is 0 Å². The molecule has 4 aromatic heterocycles.